The van der Waals surface area contributed by atoms with Crippen molar-refractivity contribution in [3.8, 4) is 0 Å². The fourth-order valence-electron chi connectivity index (χ4n) is 2.55. The highest BCUT2D eigenvalue weighted by Crippen LogP contribution is 2.23. The number of hydrogen-bond acceptors (Lipinski definition) is 6. The second kappa shape index (κ2) is 6.45. The zero-order chi connectivity index (χ0) is 14.7. The molecule has 0 amide bonds. The molecule has 2 heterocycles. The van der Waals surface area contributed by atoms with E-state index in [1.165, 1.54) is 0 Å². The van der Waals surface area contributed by atoms with Crippen LogP contribution in [0.1, 0.15) is 50.4 Å². The van der Waals surface area contributed by atoms with Crippen molar-refractivity contribution in [1.82, 2.24) is 19.9 Å². The highest BCUT2D eigenvalue weighted by molar-refractivity contribution is 5.83. The van der Waals surface area contributed by atoms with E-state index < -0.39 is 0 Å². The molecule has 1 aromatic rings. The van der Waals surface area contributed by atoms with Gasteiger partial charge in [0.05, 0.1) is 12.0 Å². The fraction of sp³-hybridized carbons (Fsp3) is 0.786. The van der Waals surface area contributed by atoms with Crippen molar-refractivity contribution < 1.29 is 9.32 Å². The molecule has 0 aromatic carbocycles. The summed E-state index contributed by atoms with van der Waals surface area (Å²) >= 11 is 0. The van der Waals surface area contributed by atoms with Crippen molar-refractivity contribution in [2.75, 3.05) is 33.7 Å². The molecule has 0 spiro atoms. The second-order valence-corrected chi connectivity index (χ2v) is 5.64. The maximum Gasteiger partial charge on any atom is 0.236 e. The number of ketones is 1. The third kappa shape index (κ3) is 3.24. The summed E-state index contributed by atoms with van der Waals surface area (Å²) in [6.07, 6.45) is 1.63. The van der Waals surface area contributed by atoms with Crippen LogP contribution in [0.25, 0.3) is 0 Å². The van der Waals surface area contributed by atoms with E-state index in [0.717, 1.165) is 26.1 Å². The lowest BCUT2D eigenvalue weighted by Gasteiger charge is -2.24. The van der Waals surface area contributed by atoms with E-state index in [-0.39, 0.29) is 17.7 Å². The van der Waals surface area contributed by atoms with Crippen LogP contribution in [0.5, 0.6) is 0 Å². The average molecular weight is 280 g/mol. The summed E-state index contributed by atoms with van der Waals surface area (Å²) in [5.41, 5.74) is 0. The number of nitrogens with zero attached hydrogens (tertiary/aromatic N) is 4. The minimum atomic E-state index is -0.310. The number of carbonyl (C=O) groups is 1. The van der Waals surface area contributed by atoms with Crippen LogP contribution in [0.2, 0.25) is 0 Å². The van der Waals surface area contributed by atoms with E-state index in [0.29, 0.717) is 18.1 Å². The molecule has 2 atom stereocenters. The first-order valence-electron chi connectivity index (χ1n) is 7.28. The van der Waals surface area contributed by atoms with Crippen LogP contribution >= 0.6 is 0 Å². The van der Waals surface area contributed by atoms with Crippen LogP contribution in [0.4, 0.5) is 0 Å². The Morgan fingerprint density at radius 1 is 1.45 bits per heavy atom. The molecule has 0 radical (unpaired) electrons. The molecule has 6 nitrogen and oxygen atoms in total. The van der Waals surface area contributed by atoms with Gasteiger partial charge in [0.25, 0.3) is 0 Å². The van der Waals surface area contributed by atoms with Gasteiger partial charge in [0.15, 0.2) is 5.82 Å². The number of rotatable bonds is 4. The first-order valence-corrected chi connectivity index (χ1v) is 7.28. The Morgan fingerprint density at radius 2 is 2.20 bits per heavy atom. The van der Waals surface area contributed by atoms with Gasteiger partial charge in [-0.25, -0.2) is 0 Å². The van der Waals surface area contributed by atoms with Gasteiger partial charge in [0.1, 0.15) is 5.78 Å². The number of Topliss-reactive ketones (excluding diaryl/α,β-unsaturated/α-hetero) is 1. The van der Waals surface area contributed by atoms with Gasteiger partial charge in [0, 0.05) is 13.0 Å². The Bertz CT molecular complexity index is 460. The molecule has 1 aliphatic rings. The molecule has 2 unspecified atom stereocenters. The third-order valence-corrected chi connectivity index (χ3v) is 4.02. The van der Waals surface area contributed by atoms with E-state index in [1.54, 1.807) is 0 Å². The maximum atomic E-state index is 11.7. The van der Waals surface area contributed by atoms with E-state index in [1.807, 2.05) is 13.8 Å². The molecule has 1 saturated heterocycles. The van der Waals surface area contributed by atoms with E-state index >= 15 is 0 Å². The Kier molecular flexibility index (Phi) is 4.88. The summed E-state index contributed by atoms with van der Waals surface area (Å²) in [7, 11) is 4.19. The van der Waals surface area contributed by atoms with Crippen LogP contribution in [-0.2, 0) is 4.79 Å². The Hall–Kier alpha value is -1.27. The predicted octanol–water partition coefficient (Wildman–Crippen LogP) is 1.46. The van der Waals surface area contributed by atoms with Gasteiger partial charge < -0.3 is 9.42 Å². The highest BCUT2D eigenvalue weighted by atomic mass is 16.5. The van der Waals surface area contributed by atoms with Crippen LogP contribution in [0.15, 0.2) is 4.52 Å². The van der Waals surface area contributed by atoms with Crippen LogP contribution in [0.3, 0.4) is 0 Å². The molecule has 112 valence electrons. The lowest BCUT2D eigenvalue weighted by molar-refractivity contribution is -0.120. The smallest absolute Gasteiger partial charge is 0.236 e. The minimum Gasteiger partial charge on any atom is -0.339 e. The number of hydrogen-bond donors (Lipinski definition) is 0. The molecular formula is C14H24N4O2. The van der Waals surface area contributed by atoms with Crippen LogP contribution < -0.4 is 0 Å². The largest absolute Gasteiger partial charge is 0.339 e. The SMILES string of the molecule is CCC(=O)C(C)c1nc(C2CN(C)CCCN2C)no1. The van der Waals surface area contributed by atoms with E-state index in [9.17, 15) is 4.79 Å². The van der Waals surface area contributed by atoms with Crippen molar-refractivity contribution in [1.29, 1.82) is 0 Å². The van der Waals surface area contributed by atoms with Crippen molar-refractivity contribution >= 4 is 5.78 Å². The first kappa shape index (κ1) is 15.1. The molecule has 0 aliphatic carbocycles. The van der Waals surface area contributed by atoms with Gasteiger partial charge in [-0.1, -0.05) is 12.1 Å². The van der Waals surface area contributed by atoms with Gasteiger partial charge in [0.2, 0.25) is 5.89 Å². The monoisotopic (exact) mass is 280 g/mol. The number of aromatic nitrogens is 2. The van der Waals surface area contributed by atoms with E-state index in [2.05, 4.69) is 34.0 Å². The molecule has 1 fully saturated rings. The summed E-state index contributed by atoms with van der Waals surface area (Å²) in [6.45, 7) is 6.65. The molecule has 1 aromatic heterocycles. The van der Waals surface area contributed by atoms with Gasteiger partial charge in [-0.15, -0.1) is 0 Å². The fourth-order valence-corrected chi connectivity index (χ4v) is 2.55. The highest BCUT2D eigenvalue weighted by Gasteiger charge is 2.28. The summed E-state index contributed by atoms with van der Waals surface area (Å²) in [4.78, 5) is 20.7. The quantitative estimate of drug-likeness (QED) is 0.832. The van der Waals surface area contributed by atoms with Gasteiger partial charge >= 0.3 is 0 Å². The summed E-state index contributed by atoms with van der Waals surface area (Å²) in [5, 5.41) is 4.10. The Labute approximate surface area is 120 Å². The van der Waals surface area contributed by atoms with Crippen molar-refractivity contribution in [2.24, 2.45) is 0 Å². The molecule has 0 saturated carbocycles. The van der Waals surface area contributed by atoms with Gasteiger partial charge in [-0.05, 0) is 40.5 Å². The lowest BCUT2D eigenvalue weighted by Crippen LogP contribution is -2.31. The second-order valence-electron chi connectivity index (χ2n) is 5.64. The standard InChI is InChI=1S/C14H24N4O2/c1-5-12(19)10(2)14-15-13(16-20-14)11-9-17(3)7-6-8-18(11)4/h10-11H,5-9H2,1-4H3. The molecule has 0 bridgehead atoms. The van der Waals surface area contributed by atoms with Gasteiger partial charge in [-0.3, -0.25) is 9.69 Å². The van der Waals surface area contributed by atoms with Crippen molar-refractivity contribution in [3.63, 3.8) is 0 Å². The zero-order valence-corrected chi connectivity index (χ0v) is 12.8. The van der Waals surface area contributed by atoms with Crippen molar-refractivity contribution in [2.45, 2.75) is 38.6 Å². The Morgan fingerprint density at radius 3 is 2.90 bits per heavy atom. The zero-order valence-electron chi connectivity index (χ0n) is 12.8. The lowest BCUT2D eigenvalue weighted by atomic mass is 10.1. The number of carbonyl (C=O) groups excluding carboxylic acids is 1. The minimum absolute atomic E-state index is 0.129. The van der Waals surface area contributed by atoms with Gasteiger partial charge in [-0.2, -0.15) is 4.98 Å². The third-order valence-electron chi connectivity index (χ3n) is 4.02. The summed E-state index contributed by atoms with van der Waals surface area (Å²) in [6, 6.07) is 0.129. The topological polar surface area (TPSA) is 62.5 Å². The molecule has 1 aliphatic heterocycles. The molecule has 20 heavy (non-hydrogen) atoms. The normalized spacial score (nSPS) is 23.5. The molecule has 2 rings (SSSR count). The summed E-state index contributed by atoms with van der Waals surface area (Å²) < 4.78 is 5.30. The van der Waals surface area contributed by atoms with Crippen molar-refractivity contribution in [3.05, 3.63) is 11.7 Å². The molecule has 6 heteroatoms. The number of likely N-dealkylation sites (N-methyl/N-ethyl adjacent to an activating group) is 2. The van der Waals surface area contributed by atoms with Crippen LogP contribution in [-0.4, -0.2) is 59.5 Å². The Balaban J connectivity index is 2.16. The first-order chi connectivity index (χ1) is 9.52. The van der Waals surface area contributed by atoms with E-state index in [4.69, 9.17) is 4.52 Å². The average Bonchev–Trinajstić information content (AvgIpc) is 2.85. The summed E-state index contributed by atoms with van der Waals surface area (Å²) in [5.74, 6) is 0.945. The van der Waals surface area contributed by atoms with Crippen LogP contribution in [0, 0.1) is 0 Å². The molecule has 0 N–H and O–H groups in total. The maximum absolute atomic E-state index is 11.7. The molecular weight excluding hydrogens is 256 g/mol. The predicted molar refractivity (Wildman–Crippen MR) is 75.5 cm³/mol.